The number of anilines is 1. The lowest BCUT2D eigenvalue weighted by Crippen LogP contribution is -2.34. The second-order valence-corrected chi connectivity index (χ2v) is 7.64. The van der Waals surface area contributed by atoms with Gasteiger partial charge in [0.1, 0.15) is 0 Å². The average Bonchev–Trinajstić information content (AvgIpc) is 3.33. The Labute approximate surface area is 151 Å². The number of rotatable bonds is 3. The van der Waals surface area contributed by atoms with Crippen LogP contribution in [0.5, 0.6) is 0 Å². The third kappa shape index (κ3) is 2.18. The van der Waals surface area contributed by atoms with Crippen LogP contribution in [-0.2, 0) is 20.9 Å². The molecule has 1 aromatic carbocycles. The number of benzene rings is 1. The molecule has 2 amide bonds. The Hall–Kier alpha value is -2.47. The largest absolute Gasteiger partial charge is 0.373 e. The van der Waals surface area contributed by atoms with E-state index in [2.05, 4.69) is 30.2 Å². The lowest BCUT2D eigenvalue weighted by atomic mass is 9.81. The molecule has 6 heteroatoms. The summed E-state index contributed by atoms with van der Waals surface area (Å²) in [6.45, 7) is 4.62. The fourth-order valence-corrected chi connectivity index (χ4v) is 4.68. The topological polar surface area (TPSA) is 64.4 Å². The Morgan fingerprint density at radius 3 is 2.42 bits per heavy atom. The van der Waals surface area contributed by atoms with Crippen LogP contribution in [0.3, 0.4) is 0 Å². The number of nitrogens with zero attached hydrogens (tertiary/aromatic N) is 3. The third-order valence-electron chi connectivity index (χ3n) is 5.90. The van der Waals surface area contributed by atoms with E-state index in [4.69, 9.17) is 4.74 Å². The van der Waals surface area contributed by atoms with E-state index in [0.29, 0.717) is 12.4 Å². The highest BCUT2D eigenvalue weighted by Gasteiger charge is 2.63. The molecular weight excluding hydrogens is 330 g/mol. The van der Waals surface area contributed by atoms with Gasteiger partial charge >= 0.3 is 0 Å². The number of amides is 2. The molecule has 0 N–H and O–H groups in total. The van der Waals surface area contributed by atoms with E-state index in [-0.39, 0.29) is 35.9 Å². The zero-order valence-corrected chi connectivity index (χ0v) is 14.9. The van der Waals surface area contributed by atoms with E-state index in [9.17, 15) is 9.59 Å². The minimum atomic E-state index is -0.316. The van der Waals surface area contributed by atoms with Crippen LogP contribution in [0.25, 0.3) is 0 Å². The van der Waals surface area contributed by atoms with E-state index in [0.717, 1.165) is 24.1 Å². The van der Waals surface area contributed by atoms with Crippen LogP contribution in [0.1, 0.15) is 29.7 Å². The zero-order chi connectivity index (χ0) is 18.0. The van der Waals surface area contributed by atoms with E-state index in [1.54, 1.807) is 0 Å². The van der Waals surface area contributed by atoms with E-state index >= 15 is 0 Å². The molecule has 6 nitrogen and oxygen atoms in total. The predicted octanol–water partition coefficient (Wildman–Crippen LogP) is 2.22. The van der Waals surface area contributed by atoms with Crippen molar-refractivity contribution >= 4 is 17.6 Å². The number of ether oxygens (including phenoxy) is 1. The molecule has 0 radical (unpaired) electrons. The molecule has 3 aliphatic rings. The van der Waals surface area contributed by atoms with Crippen molar-refractivity contribution in [2.75, 3.05) is 4.90 Å². The van der Waals surface area contributed by atoms with Gasteiger partial charge in [0.25, 0.3) is 0 Å². The summed E-state index contributed by atoms with van der Waals surface area (Å²) in [6, 6.07) is 10.1. The molecule has 134 valence electrons. The van der Waals surface area contributed by atoms with Gasteiger partial charge in [0.2, 0.25) is 11.8 Å². The highest BCUT2D eigenvalue weighted by atomic mass is 16.5. The smallest absolute Gasteiger partial charge is 0.241 e. The summed E-state index contributed by atoms with van der Waals surface area (Å²) in [5.41, 5.74) is 3.27. The van der Waals surface area contributed by atoms with Crippen molar-refractivity contribution in [1.82, 2.24) is 9.78 Å². The number of carbonyl (C=O) groups is 2. The monoisotopic (exact) mass is 351 g/mol. The maximum Gasteiger partial charge on any atom is 0.241 e. The predicted molar refractivity (Wildman–Crippen MR) is 94.6 cm³/mol. The van der Waals surface area contributed by atoms with Gasteiger partial charge in [-0.15, -0.1) is 0 Å². The van der Waals surface area contributed by atoms with E-state index in [1.807, 2.05) is 23.7 Å². The molecule has 3 aliphatic heterocycles. The fourth-order valence-electron chi connectivity index (χ4n) is 4.68. The van der Waals surface area contributed by atoms with Crippen LogP contribution in [0.2, 0.25) is 0 Å². The highest BCUT2D eigenvalue weighted by molar-refractivity contribution is 6.22. The average molecular weight is 351 g/mol. The van der Waals surface area contributed by atoms with Gasteiger partial charge in [0.15, 0.2) is 5.82 Å². The van der Waals surface area contributed by atoms with Crippen LogP contribution in [0, 0.1) is 25.7 Å². The van der Waals surface area contributed by atoms with Crippen LogP contribution in [-0.4, -0.2) is 33.8 Å². The Morgan fingerprint density at radius 1 is 1.08 bits per heavy atom. The van der Waals surface area contributed by atoms with Gasteiger partial charge in [-0.1, -0.05) is 29.8 Å². The fraction of sp³-hybridized carbons (Fsp3) is 0.450. The molecule has 1 aromatic heterocycles. The van der Waals surface area contributed by atoms with Crippen molar-refractivity contribution in [3.8, 4) is 0 Å². The molecule has 0 spiro atoms. The first-order valence-electron chi connectivity index (χ1n) is 9.16. The summed E-state index contributed by atoms with van der Waals surface area (Å²) in [4.78, 5) is 27.1. The zero-order valence-electron chi connectivity index (χ0n) is 14.9. The van der Waals surface area contributed by atoms with Gasteiger partial charge in [0, 0.05) is 11.8 Å². The van der Waals surface area contributed by atoms with Crippen LogP contribution in [0.15, 0.2) is 30.3 Å². The summed E-state index contributed by atoms with van der Waals surface area (Å²) >= 11 is 0. The number of hydrogen-bond acceptors (Lipinski definition) is 4. The van der Waals surface area contributed by atoms with Crippen molar-refractivity contribution in [2.24, 2.45) is 11.8 Å². The maximum atomic E-state index is 12.9. The van der Waals surface area contributed by atoms with Crippen molar-refractivity contribution < 1.29 is 14.3 Å². The molecular formula is C20H21N3O3. The number of imide groups is 1. The van der Waals surface area contributed by atoms with Crippen molar-refractivity contribution in [3.05, 3.63) is 47.2 Å². The summed E-state index contributed by atoms with van der Waals surface area (Å²) in [6.07, 6.45) is 1.56. The SMILES string of the molecule is Cc1cccc(Cn2nc(N3C(=O)[C@@H]4[C@H](C3=O)[C@H]3CC[C@H]4O3)cc2C)c1. The number of hydrogen-bond donors (Lipinski definition) is 0. The molecule has 3 fully saturated rings. The van der Waals surface area contributed by atoms with Gasteiger partial charge < -0.3 is 4.74 Å². The second kappa shape index (κ2) is 5.51. The van der Waals surface area contributed by atoms with Crippen LogP contribution >= 0.6 is 0 Å². The molecule has 0 unspecified atom stereocenters. The summed E-state index contributed by atoms with van der Waals surface area (Å²) in [5.74, 6) is -0.481. The van der Waals surface area contributed by atoms with Crippen LogP contribution < -0.4 is 4.90 Å². The van der Waals surface area contributed by atoms with Crippen molar-refractivity contribution in [3.63, 3.8) is 0 Å². The number of fused-ring (bicyclic) bond motifs is 5. The van der Waals surface area contributed by atoms with Gasteiger partial charge in [0.05, 0.1) is 30.6 Å². The molecule has 5 rings (SSSR count). The van der Waals surface area contributed by atoms with E-state index < -0.39 is 0 Å². The lowest BCUT2D eigenvalue weighted by molar-refractivity contribution is -0.124. The number of aromatic nitrogens is 2. The Morgan fingerprint density at radius 2 is 1.77 bits per heavy atom. The third-order valence-corrected chi connectivity index (χ3v) is 5.90. The highest BCUT2D eigenvalue weighted by Crippen LogP contribution is 2.49. The van der Waals surface area contributed by atoms with Gasteiger partial charge in [-0.2, -0.15) is 5.10 Å². The van der Waals surface area contributed by atoms with Crippen molar-refractivity contribution in [1.29, 1.82) is 0 Å². The normalized spacial score (nSPS) is 29.7. The molecule has 2 bridgehead atoms. The number of aryl methyl sites for hydroxylation is 2. The Kier molecular flexibility index (Phi) is 3.34. The molecule has 26 heavy (non-hydrogen) atoms. The second-order valence-electron chi connectivity index (χ2n) is 7.64. The molecule has 3 saturated heterocycles. The summed E-state index contributed by atoms with van der Waals surface area (Å²) in [7, 11) is 0. The Bertz CT molecular complexity index is 891. The minimum Gasteiger partial charge on any atom is -0.373 e. The first-order chi connectivity index (χ1) is 12.5. The lowest BCUT2D eigenvalue weighted by Gasteiger charge is -2.15. The standard InChI is InChI=1S/C20H21N3O3/c1-11-4-3-5-13(8-11)10-22-12(2)9-16(21-22)23-19(24)17-14-6-7-15(26-14)18(17)20(23)25/h3-5,8-9,14-15,17-18H,6-7,10H2,1-2H3/t14-,15-,17-,18+/m1/s1. The quantitative estimate of drug-likeness (QED) is 0.796. The molecule has 2 aromatic rings. The van der Waals surface area contributed by atoms with E-state index in [1.165, 1.54) is 10.5 Å². The van der Waals surface area contributed by atoms with Gasteiger partial charge in [-0.05, 0) is 32.3 Å². The Balaban J connectivity index is 1.44. The first kappa shape index (κ1) is 15.8. The van der Waals surface area contributed by atoms with Gasteiger partial charge in [-0.3, -0.25) is 14.3 Å². The minimum absolute atomic E-state index is 0.0954. The molecule has 4 atom stereocenters. The number of carbonyl (C=O) groups excluding carboxylic acids is 2. The van der Waals surface area contributed by atoms with Crippen molar-refractivity contribution in [2.45, 2.75) is 45.4 Å². The summed E-state index contributed by atoms with van der Waals surface area (Å²) in [5, 5.41) is 4.58. The van der Waals surface area contributed by atoms with Gasteiger partial charge in [-0.25, -0.2) is 4.90 Å². The van der Waals surface area contributed by atoms with Crippen LogP contribution in [0.4, 0.5) is 5.82 Å². The molecule has 4 heterocycles. The molecule has 0 saturated carbocycles. The maximum absolute atomic E-state index is 12.9. The molecule has 0 aliphatic carbocycles. The summed E-state index contributed by atoms with van der Waals surface area (Å²) < 4.78 is 7.64. The first-order valence-corrected chi connectivity index (χ1v) is 9.16.